The number of pyridine rings is 1. The van der Waals surface area contributed by atoms with Gasteiger partial charge in [-0.05, 0) is 67.3 Å². The molecule has 2 heterocycles. The molecule has 1 saturated heterocycles. The zero-order chi connectivity index (χ0) is 24.6. The lowest BCUT2D eigenvalue weighted by Crippen LogP contribution is -2.47. The Morgan fingerprint density at radius 3 is 2.37 bits per heavy atom. The molecule has 0 unspecified atom stereocenters. The smallest absolute Gasteiger partial charge is 0.224 e. The number of amides is 1. The summed E-state index contributed by atoms with van der Waals surface area (Å²) in [5.74, 6) is -0.134. The van der Waals surface area contributed by atoms with Crippen LogP contribution in [-0.4, -0.2) is 54.3 Å². The fourth-order valence-electron chi connectivity index (χ4n) is 4.40. The molecule has 1 amide bonds. The van der Waals surface area contributed by atoms with Crippen LogP contribution >= 0.6 is 0 Å². The third-order valence-corrected chi connectivity index (χ3v) is 6.77. The first kappa shape index (κ1) is 24.6. The third kappa shape index (κ3) is 6.76. The lowest BCUT2D eigenvalue weighted by molar-refractivity contribution is -0.116. The van der Waals surface area contributed by atoms with Crippen molar-refractivity contribution in [3.8, 4) is 0 Å². The van der Waals surface area contributed by atoms with E-state index in [1.54, 1.807) is 0 Å². The van der Waals surface area contributed by atoms with Gasteiger partial charge in [-0.2, -0.15) is 0 Å². The van der Waals surface area contributed by atoms with E-state index in [4.69, 9.17) is 0 Å². The SMILES string of the molecule is Cc1ccc(C(=O)CCC(=O)Nc2ccccc2N2CCN(CCc3ccncc3)CC2)cc1C. The van der Waals surface area contributed by atoms with Gasteiger partial charge in [-0.25, -0.2) is 0 Å². The molecule has 0 atom stereocenters. The van der Waals surface area contributed by atoms with Crippen LogP contribution in [0.2, 0.25) is 0 Å². The highest BCUT2D eigenvalue weighted by atomic mass is 16.2. The van der Waals surface area contributed by atoms with E-state index in [1.165, 1.54) is 5.56 Å². The largest absolute Gasteiger partial charge is 0.367 e. The van der Waals surface area contributed by atoms with Crippen LogP contribution in [0.15, 0.2) is 67.0 Å². The van der Waals surface area contributed by atoms with E-state index >= 15 is 0 Å². The van der Waals surface area contributed by atoms with Crippen molar-refractivity contribution in [2.24, 2.45) is 0 Å². The maximum Gasteiger partial charge on any atom is 0.224 e. The second kappa shape index (κ2) is 11.8. The van der Waals surface area contributed by atoms with Gasteiger partial charge < -0.3 is 10.2 Å². The predicted molar refractivity (Wildman–Crippen MR) is 141 cm³/mol. The van der Waals surface area contributed by atoms with E-state index in [-0.39, 0.29) is 24.5 Å². The summed E-state index contributed by atoms with van der Waals surface area (Å²) in [7, 11) is 0. The van der Waals surface area contributed by atoms with Crippen molar-refractivity contribution in [3.63, 3.8) is 0 Å². The first-order valence-electron chi connectivity index (χ1n) is 12.3. The molecule has 1 aliphatic rings. The molecular formula is C29H34N4O2. The number of anilines is 2. The number of para-hydroxylation sites is 2. The highest BCUT2D eigenvalue weighted by Gasteiger charge is 2.20. The molecule has 4 rings (SSSR count). The summed E-state index contributed by atoms with van der Waals surface area (Å²) < 4.78 is 0. The maximum atomic E-state index is 12.7. The third-order valence-electron chi connectivity index (χ3n) is 6.77. The van der Waals surface area contributed by atoms with Crippen LogP contribution in [0.3, 0.4) is 0 Å². The number of hydrogen-bond acceptors (Lipinski definition) is 5. The summed E-state index contributed by atoms with van der Waals surface area (Å²) in [6, 6.07) is 17.8. The van der Waals surface area contributed by atoms with Crippen LogP contribution in [-0.2, 0) is 11.2 Å². The number of ketones is 1. The van der Waals surface area contributed by atoms with Gasteiger partial charge in [-0.3, -0.25) is 19.5 Å². The van der Waals surface area contributed by atoms with Crippen LogP contribution in [0.1, 0.15) is 39.9 Å². The first-order chi connectivity index (χ1) is 17.0. The van der Waals surface area contributed by atoms with E-state index in [2.05, 4.69) is 38.3 Å². The van der Waals surface area contributed by atoms with E-state index in [1.807, 2.05) is 62.6 Å². The number of aromatic nitrogens is 1. The van der Waals surface area contributed by atoms with Gasteiger partial charge in [0, 0.05) is 63.5 Å². The lowest BCUT2D eigenvalue weighted by Gasteiger charge is -2.37. The molecule has 6 nitrogen and oxygen atoms in total. The fourth-order valence-corrected chi connectivity index (χ4v) is 4.40. The quantitative estimate of drug-likeness (QED) is 0.461. The zero-order valence-corrected chi connectivity index (χ0v) is 20.7. The first-order valence-corrected chi connectivity index (χ1v) is 12.3. The molecule has 3 aromatic rings. The number of carbonyl (C=O) groups excluding carboxylic acids is 2. The summed E-state index contributed by atoms with van der Waals surface area (Å²) in [4.78, 5) is 34.1. The van der Waals surface area contributed by atoms with Crippen LogP contribution in [0.5, 0.6) is 0 Å². The number of hydrogen-bond donors (Lipinski definition) is 1. The molecule has 1 aliphatic heterocycles. The number of Topliss-reactive ketones (excluding diaryl/α,β-unsaturated/α-hetero) is 1. The molecule has 1 fully saturated rings. The molecule has 0 bridgehead atoms. The number of nitrogens with zero attached hydrogens (tertiary/aromatic N) is 3. The Labute approximate surface area is 208 Å². The summed E-state index contributed by atoms with van der Waals surface area (Å²) >= 11 is 0. The predicted octanol–water partition coefficient (Wildman–Crippen LogP) is 4.66. The topological polar surface area (TPSA) is 65.5 Å². The Balaban J connectivity index is 1.28. The number of benzene rings is 2. The van der Waals surface area contributed by atoms with Gasteiger partial charge in [0.05, 0.1) is 11.4 Å². The van der Waals surface area contributed by atoms with E-state index in [0.717, 1.165) is 61.6 Å². The van der Waals surface area contributed by atoms with Crippen molar-refractivity contribution in [1.82, 2.24) is 9.88 Å². The van der Waals surface area contributed by atoms with Crippen LogP contribution < -0.4 is 10.2 Å². The Bertz CT molecular complexity index is 1150. The van der Waals surface area contributed by atoms with Gasteiger partial charge in [0.15, 0.2) is 5.78 Å². The Hall–Kier alpha value is -3.51. The van der Waals surface area contributed by atoms with Gasteiger partial charge in [-0.15, -0.1) is 0 Å². The molecule has 0 spiro atoms. The molecule has 1 aromatic heterocycles. The van der Waals surface area contributed by atoms with Crippen molar-refractivity contribution < 1.29 is 9.59 Å². The molecule has 35 heavy (non-hydrogen) atoms. The highest BCUT2D eigenvalue weighted by molar-refractivity contribution is 6.01. The van der Waals surface area contributed by atoms with E-state index in [9.17, 15) is 9.59 Å². The molecule has 2 aromatic carbocycles. The number of carbonyl (C=O) groups is 2. The van der Waals surface area contributed by atoms with Crippen molar-refractivity contribution in [3.05, 3.63) is 89.2 Å². The zero-order valence-electron chi connectivity index (χ0n) is 20.7. The van der Waals surface area contributed by atoms with Gasteiger partial charge in [-0.1, -0.05) is 24.3 Å². The maximum absolute atomic E-state index is 12.7. The standard InChI is InChI=1S/C29H34N4O2/c1-22-7-8-25(21-23(22)2)28(34)9-10-29(35)31-26-5-3-4-6-27(26)33-19-17-32(18-20-33)16-13-24-11-14-30-15-12-24/h3-8,11-12,14-15,21H,9-10,13,16-20H2,1-2H3,(H,31,35). The molecular weight excluding hydrogens is 436 g/mol. The summed E-state index contributed by atoms with van der Waals surface area (Å²) in [6.07, 6.45) is 5.08. The molecule has 1 N–H and O–H groups in total. The summed E-state index contributed by atoms with van der Waals surface area (Å²) in [5, 5.41) is 3.04. The van der Waals surface area contributed by atoms with Crippen molar-refractivity contribution >= 4 is 23.1 Å². The molecule has 182 valence electrons. The number of rotatable bonds is 9. The number of nitrogens with one attached hydrogen (secondary N) is 1. The second-order valence-electron chi connectivity index (χ2n) is 9.22. The molecule has 0 saturated carbocycles. The molecule has 0 radical (unpaired) electrons. The minimum atomic E-state index is -0.134. The second-order valence-corrected chi connectivity index (χ2v) is 9.22. The minimum Gasteiger partial charge on any atom is -0.367 e. The average molecular weight is 471 g/mol. The molecule has 0 aliphatic carbocycles. The Morgan fingerprint density at radius 1 is 0.886 bits per heavy atom. The summed E-state index contributed by atoms with van der Waals surface area (Å²) in [5.41, 5.74) is 6.07. The summed E-state index contributed by atoms with van der Waals surface area (Å²) in [6.45, 7) is 8.84. The number of piperazine rings is 1. The monoisotopic (exact) mass is 470 g/mol. The lowest BCUT2D eigenvalue weighted by atomic mass is 10.0. The number of aryl methyl sites for hydroxylation is 2. The van der Waals surface area contributed by atoms with Crippen molar-refractivity contribution in [2.45, 2.75) is 33.1 Å². The van der Waals surface area contributed by atoms with Gasteiger partial charge in [0.2, 0.25) is 5.91 Å². The highest BCUT2D eigenvalue weighted by Crippen LogP contribution is 2.27. The van der Waals surface area contributed by atoms with E-state index < -0.39 is 0 Å². The van der Waals surface area contributed by atoms with Crippen LogP contribution in [0.25, 0.3) is 0 Å². The normalized spacial score (nSPS) is 14.1. The van der Waals surface area contributed by atoms with Crippen LogP contribution in [0.4, 0.5) is 11.4 Å². The van der Waals surface area contributed by atoms with Gasteiger partial charge in [0.1, 0.15) is 0 Å². The van der Waals surface area contributed by atoms with Gasteiger partial charge >= 0.3 is 0 Å². The van der Waals surface area contributed by atoms with Crippen molar-refractivity contribution in [2.75, 3.05) is 42.9 Å². The van der Waals surface area contributed by atoms with E-state index in [0.29, 0.717) is 5.56 Å². The Kier molecular flexibility index (Phi) is 8.27. The molecule has 6 heteroatoms. The van der Waals surface area contributed by atoms with Crippen LogP contribution in [0, 0.1) is 13.8 Å². The minimum absolute atomic E-state index is 0.000534. The average Bonchev–Trinajstić information content (AvgIpc) is 2.89. The fraction of sp³-hybridized carbons (Fsp3) is 0.345. The van der Waals surface area contributed by atoms with Crippen molar-refractivity contribution in [1.29, 1.82) is 0 Å². The van der Waals surface area contributed by atoms with Gasteiger partial charge in [0.25, 0.3) is 0 Å². The Morgan fingerprint density at radius 2 is 1.63 bits per heavy atom.